The summed E-state index contributed by atoms with van der Waals surface area (Å²) in [5.41, 5.74) is 6.92. The van der Waals surface area contributed by atoms with Gasteiger partial charge in [0.15, 0.2) is 0 Å². The lowest BCUT2D eigenvalue weighted by molar-refractivity contribution is 0.267. The molecular formula is C13H19Cl2NO. The normalized spacial score (nSPS) is 12.9. The molecule has 2 nitrogen and oxygen atoms in total. The van der Waals surface area contributed by atoms with E-state index in [1.54, 1.807) is 6.07 Å². The first kappa shape index (κ1) is 14.6. The van der Waals surface area contributed by atoms with E-state index in [9.17, 15) is 0 Å². The Labute approximate surface area is 113 Å². The number of hydrogen-bond acceptors (Lipinski definition) is 2. The molecule has 1 aromatic carbocycles. The van der Waals surface area contributed by atoms with Crippen molar-refractivity contribution in [3.63, 3.8) is 0 Å². The van der Waals surface area contributed by atoms with Gasteiger partial charge in [-0.25, -0.2) is 0 Å². The zero-order chi connectivity index (χ0) is 13.0. The van der Waals surface area contributed by atoms with Crippen LogP contribution in [0.15, 0.2) is 12.1 Å². The summed E-state index contributed by atoms with van der Waals surface area (Å²) in [5, 5.41) is 1.11. The zero-order valence-electron chi connectivity index (χ0n) is 10.5. The Morgan fingerprint density at radius 2 is 1.94 bits per heavy atom. The largest absolute Gasteiger partial charge is 0.491 e. The Morgan fingerprint density at radius 1 is 1.29 bits per heavy atom. The SMILES string of the molecule is CCC(N)c1cc(Cl)cc(Cl)c1OCC(C)C. The van der Waals surface area contributed by atoms with Crippen LogP contribution in [0.3, 0.4) is 0 Å². The van der Waals surface area contributed by atoms with Crippen LogP contribution < -0.4 is 10.5 Å². The van der Waals surface area contributed by atoms with Crippen molar-refractivity contribution in [3.8, 4) is 5.75 Å². The highest BCUT2D eigenvalue weighted by atomic mass is 35.5. The quantitative estimate of drug-likeness (QED) is 0.863. The Kier molecular flexibility index (Phi) is 5.57. The Balaban J connectivity index is 3.07. The second kappa shape index (κ2) is 6.48. The molecule has 0 radical (unpaired) electrons. The van der Waals surface area contributed by atoms with Crippen LogP contribution in [0.5, 0.6) is 5.75 Å². The van der Waals surface area contributed by atoms with Gasteiger partial charge in [0.1, 0.15) is 5.75 Å². The van der Waals surface area contributed by atoms with Gasteiger partial charge in [-0.1, -0.05) is 44.0 Å². The molecule has 96 valence electrons. The summed E-state index contributed by atoms with van der Waals surface area (Å²) in [6, 6.07) is 3.41. The van der Waals surface area contributed by atoms with E-state index in [1.165, 1.54) is 0 Å². The molecule has 0 amide bonds. The molecular weight excluding hydrogens is 257 g/mol. The molecule has 17 heavy (non-hydrogen) atoms. The highest BCUT2D eigenvalue weighted by Crippen LogP contribution is 2.36. The van der Waals surface area contributed by atoms with E-state index in [1.807, 2.05) is 13.0 Å². The fourth-order valence-electron chi connectivity index (χ4n) is 1.48. The van der Waals surface area contributed by atoms with E-state index in [4.69, 9.17) is 33.7 Å². The van der Waals surface area contributed by atoms with Crippen LogP contribution in [0.1, 0.15) is 38.8 Å². The monoisotopic (exact) mass is 275 g/mol. The first-order chi connectivity index (χ1) is 7.95. The Hall–Kier alpha value is -0.440. The van der Waals surface area contributed by atoms with Crippen LogP contribution in [0, 0.1) is 5.92 Å². The number of hydrogen-bond donors (Lipinski definition) is 1. The lowest BCUT2D eigenvalue weighted by atomic mass is 10.0. The minimum atomic E-state index is -0.103. The third-order valence-electron chi connectivity index (χ3n) is 2.44. The maximum absolute atomic E-state index is 6.15. The fraction of sp³-hybridized carbons (Fsp3) is 0.538. The predicted molar refractivity (Wildman–Crippen MR) is 74.0 cm³/mol. The fourth-order valence-corrected chi connectivity index (χ4v) is 2.04. The molecule has 0 aliphatic heterocycles. The lowest BCUT2D eigenvalue weighted by Gasteiger charge is -2.18. The summed E-state index contributed by atoms with van der Waals surface area (Å²) in [6.07, 6.45) is 0.814. The average Bonchev–Trinajstić information content (AvgIpc) is 2.25. The standard InChI is InChI=1S/C13H19Cl2NO/c1-4-12(16)10-5-9(14)6-11(15)13(10)17-7-8(2)3/h5-6,8,12H,4,7,16H2,1-3H3. The molecule has 0 bridgehead atoms. The number of ether oxygens (including phenoxy) is 1. The van der Waals surface area contributed by atoms with E-state index >= 15 is 0 Å². The molecule has 1 atom stereocenters. The van der Waals surface area contributed by atoms with Crippen molar-refractivity contribution >= 4 is 23.2 Å². The van der Waals surface area contributed by atoms with E-state index in [0.29, 0.717) is 28.3 Å². The van der Waals surface area contributed by atoms with Crippen molar-refractivity contribution < 1.29 is 4.74 Å². The first-order valence-electron chi connectivity index (χ1n) is 5.83. The molecule has 1 aromatic rings. The molecule has 1 rings (SSSR count). The summed E-state index contributed by atoms with van der Waals surface area (Å²) < 4.78 is 5.74. The van der Waals surface area contributed by atoms with Crippen molar-refractivity contribution in [1.29, 1.82) is 0 Å². The van der Waals surface area contributed by atoms with Gasteiger partial charge in [0.25, 0.3) is 0 Å². The average molecular weight is 276 g/mol. The topological polar surface area (TPSA) is 35.2 Å². The molecule has 0 fully saturated rings. The minimum Gasteiger partial charge on any atom is -0.491 e. The number of rotatable bonds is 5. The van der Waals surface area contributed by atoms with E-state index in [-0.39, 0.29) is 6.04 Å². The predicted octanol–water partition coefficient (Wildman–Crippen LogP) is 4.44. The molecule has 0 aliphatic rings. The van der Waals surface area contributed by atoms with Gasteiger partial charge >= 0.3 is 0 Å². The van der Waals surface area contributed by atoms with E-state index in [2.05, 4.69) is 13.8 Å². The number of nitrogens with two attached hydrogens (primary N) is 1. The van der Waals surface area contributed by atoms with Crippen LogP contribution in [0.25, 0.3) is 0 Å². The highest BCUT2D eigenvalue weighted by Gasteiger charge is 2.16. The molecule has 2 N–H and O–H groups in total. The highest BCUT2D eigenvalue weighted by molar-refractivity contribution is 6.35. The van der Waals surface area contributed by atoms with Gasteiger partial charge in [0.05, 0.1) is 11.6 Å². The summed E-state index contributed by atoms with van der Waals surface area (Å²) >= 11 is 12.1. The second-order valence-corrected chi connectivity index (χ2v) is 5.37. The van der Waals surface area contributed by atoms with Gasteiger partial charge < -0.3 is 10.5 Å². The van der Waals surface area contributed by atoms with Crippen molar-refractivity contribution in [2.45, 2.75) is 33.2 Å². The van der Waals surface area contributed by atoms with Gasteiger partial charge in [-0.15, -0.1) is 0 Å². The summed E-state index contributed by atoms with van der Waals surface area (Å²) in [6.45, 7) is 6.81. The van der Waals surface area contributed by atoms with E-state index in [0.717, 1.165) is 12.0 Å². The summed E-state index contributed by atoms with van der Waals surface area (Å²) in [7, 11) is 0. The van der Waals surface area contributed by atoms with Gasteiger partial charge in [0, 0.05) is 16.6 Å². The third-order valence-corrected chi connectivity index (χ3v) is 2.94. The van der Waals surface area contributed by atoms with Crippen LogP contribution in [0.4, 0.5) is 0 Å². The molecule has 1 unspecified atom stereocenters. The van der Waals surface area contributed by atoms with Crippen LogP contribution in [-0.4, -0.2) is 6.61 Å². The van der Waals surface area contributed by atoms with Gasteiger partial charge in [-0.2, -0.15) is 0 Å². The smallest absolute Gasteiger partial charge is 0.142 e. The maximum atomic E-state index is 6.15. The minimum absolute atomic E-state index is 0.103. The van der Waals surface area contributed by atoms with Crippen LogP contribution in [-0.2, 0) is 0 Å². The van der Waals surface area contributed by atoms with Gasteiger partial charge in [-0.3, -0.25) is 0 Å². The van der Waals surface area contributed by atoms with Crippen LogP contribution >= 0.6 is 23.2 Å². The molecule has 0 heterocycles. The Bertz CT molecular complexity index is 380. The number of halogens is 2. The summed E-state index contributed by atoms with van der Waals surface area (Å²) in [4.78, 5) is 0. The third kappa shape index (κ3) is 4.06. The van der Waals surface area contributed by atoms with Crippen molar-refractivity contribution in [3.05, 3.63) is 27.7 Å². The molecule has 0 saturated carbocycles. The van der Waals surface area contributed by atoms with Crippen molar-refractivity contribution in [2.24, 2.45) is 11.7 Å². The Morgan fingerprint density at radius 3 is 2.47 bits per heavy atom. The molecule has 0 aromatic heterocycles. The second-order valence-electron chi connectivity index (χ2n) is 4.53. The number of benzene rings is 1. The van der Waals surface area contributed by atoms with Gasteiger partial charge in [0.2, 0.25) is 0 Å². The van der Waals surface area contributed by atoms with Gasteiger partial charge in [-0.05, 0) is 24.5 Å². The van der Waals surface area contributed by atoms with Crippen molar-refractivity contribution in [2.75, 3.05) is 6.61 Å². The van der Waals surface area contributed by atoms with Crippen LogP contribution in [0.2, 0.25) is 10.0 Å². The molecule has 4 heteroatoms. The van der Waals surface area contributed by atoms with E-state index < -0.39 is 0 Å². The molecule has 0 saturated heterocycles. The molecule has 0 aliphatic carbocycles. The lowest BCUT2D eigenvalue weighted by Crippen LogP contribution is -2.13. The maximum Gasteiger partial charge on any atom is 0.142 e. The first-order valence-corrected chi connectivity index (χ1v) is 6.58. The molecule has 0 spiro atoms. The zero-order valence-corrected chi connectivity index (χ0v) is 12.0. The van der Waals surface area contributed by atoms with Crippen molar-refractivity contribution in [1.82, 2.24) is 0 Å². The summed E-state index contributed by atoms with van der Waals surface area (Å²) in [5.74, 6) is 1.10.